The van der Waals surface area contributed by atoms with E-state index in [1.807, 2.05) is 53.7 Å². The smallest absolute Gasteiger partial charge is 0.384 e. The van der Waals surface area contributed by atoms with Crippen molar-refractivity contribution in [1.29, 1.82) is 3.56 Å². The molecule has 0 amide bonds. The zero-order valence-electron chi connectivity index (χ0n) is 18.6. The van der Waals surface area contributed by atoms with Gasteiger partial charge in [-0.15, -0.1) is 0 Å². The van der Waals surface area contributed by atoms with Crippen LogP contribution in [-0.2, 0) is 14.0 Å². The summed E-state index contributed by atoms with van der Waals surface area (Å²) < 4.78 is 25.3. The quantitative estimate of drug-likeness (QED) is 0.351. The Morgan fingerprint density at radius 1 is 0.968 bits per heavy atom. The number of hydrogen-bond donors (Lipinski definition) is 1. The first-order valence-corrected chi connectivity index (χ1v) is 11.1. The molecule has 0 spiro atoms. The van der Waals surface area contributed by atoms with Gasteiger partial charge in [-0.1, -0.05) is 36.4 Å². The van der Waals surface area contributed by atoms with Crippen molar-refractivity contribution in [3.63, 3.8) is 0 Å². The molecule has 0 unspecified atom stereocenters. The number of benzene rings is 1. The molecule has 31 heavy (non-hydrogen) atoms. The van der Waals surface area contributed by atoms with Gasteiger partial charge in [-0.25, -0.2) is 0 Å². The van der Waals surface area contributed by atoms with Gasteiger partial charge < -0.3 is 21.9 Å². The standard InChI is InChI=1S/C14H11N.C9H19BO3.BH4IN/c1-2-6-12(7-3-1)13-10-14-8-4-5-9-15(14)11-13;1-7(2)11-10-12-8(3,4)9(5,6)13-10;1-2-3/h1-11H;7H,1-6H3;3H,1H3/q;;-1. The van der Waals surface area contributed by atoms with Crippen molar-refractivity contribution < 1.29 is 14.0 Å². The molecule has 5 nitrogen and oxygen atoms in total. The molecule has 3 aromatic rings. The minimum absolute atomic E-state index is 0.0900. The summed E-state index contributed by atoms with van der Waals surface area (Å²) in [5, 5.41) is 0. The second-order valence-electron chi connectivity index (χ2n) is 8.36. The van der Waals surface area contributed by atoms with Crippen molar-refractivity contribution in [2.45, 2.75) is 58.8 Å². The average Bonchev–Trinajstić information content (AvgIpc) is 3.20. The van der Waals surface area contributed by atoms with E-state index in [1.165, 1.54) is 16.6 Å². The largest absolute Gasteiger partial charge is 0.640 e. The lowest BCUT2D eigenvalue weighted by atomic mass is 9.90. The molecule has 1 N–H and O–H groups in total. The first-order valence-electron chi connectivity index (χ1n) is 10.0. The van der Waals surface area contributed by atoms with Gasteiger partial charge in [-0.05, 0) is 65.3 Å². The first-order chi connectivity index (χ1) is 14.6. The molecule has 2 aromatic heterocycles. The summed E-state index contributed by atoms with van der Waals surface area (Å²) >= 11 is 0.0900. The van der Waals surface area contributed by atoms with E-state index in [1.54, 1.807) is 0 Å². The van der Waals surface area contributed by atoms with Gasteiger partial charge in [0.05, 0.1) is 11.2 Å². The molecule has 0 atom stereocenters. The van der Waals surface area contributed by atoms with Crippen molar-refractivity contribution >= 4 is 39.4 Å². The number of rotatable bonds is 3. The topological polar surface area (TPSA) is 56.0 Å². The highest BCUT2D eigenvalue weighted by atomic mass is 127. The molecular weight excluding hydrogens is 501 g/mol. The summed E-state index contributed by atoms with van der Waals surface area (Å²) in [6, 6.07) is 18.9. The van der Waals surface area contributed by atoms with E-state index in [-0.39, 0.29) is 38.1 Å². The molecule has 0 radical (unpaired) electrons. The number of aromatic nitrogens is 1. The Morgan fingerprint density at radius 3 is 2.03 bits per heavy atom. The van der Waals surface area contributed by atoms with E-state index in [2.05, 4.69) is 59.3 Å². The highest BCUT2D eigenvalue weighted by Gasteiger charge is 2.53. The Balaban J connectivity index is 0.000000198. The van der Waals surface area contributed by atoms with Crippen LogP contribution in [0.5, 0.6) is 0 Å². The first kappa shape index (κ1) is 25.8. The summed E-state index contributed by atoms with van der Waals surface area (Å²) in [4.78, 5) is 0. The third kappa shape index (κ3) is 7.27. The molecule has 1 saturated heterocycles. The monoisotopic (exact) mass is 535 g/mol. The number of nitrogens with zero attached hydrogens (tertiary/aromatic N) is 1. The highest BCUT2D eigenvalue weighted by Crippen LogP contribution is 2.37. The van der Waals surface area contributed by atoms with E-state index >= 15 is 0 Å². The summed E-state index contributed by atoms with van der Waals surface area (Å²) in [7, 11) is -0.523. The molecule has 4 rings (SSSR count). The lowest BCUT2D eigenvalue weighted by Crippen LogP contribution is -2.41. The molecule has 1 aliphatic heterocycles. The van der Waals surface area contributed by atoms with E-state index in [0.29, 0.717) is 5.70 Å². The van der Waals surface area contributed by atoms with E-state index < -0.39 is 7.32 Å². The molecular formula is C23H34B2IN2O3-. The third-order valence-electron chi connectivity index (χ3n) is 5.23. The van der Waals surface area contributed by atoms with Crippen molar-refractivity contribution in [3.05, 3.63) is 67.0 Å². The van der Waals surface area contributed by atoms with Crippen LogP contribution in [0.4, 0.5) is 0 Å². The Morgan fingerprint density at radius 2 is 1.52 bits per heavy atom. The van der Waals surface area contributed by atoms with Gasteiger partial charge in [0.2, 0.25) is 0 Å². The van der Waals surface area contributed by atoms with Crippen LogP contribution in [-0.4, -0.2) is 34.7 Å². The van der Waals surface area contributed by atoms with Gasteiger partial charge in [0.25, 0.3) is 0 Å². The number of hydrogen-bond acceptors (Lipinski definition) is 4. The van der Waals surface area contributed by atoms with Crippen molar-refractivity contribution in [1.82, 2.24) is 4.40 Å². The van der Waals surface area contributed by atoms with Gasteiger partial charge in [-0.2, -0.15) is 0 Å². The normalized spacial score (nSPS) is 16.5. The zero-order valence-corrected chi connectivity index (χ0v) is 20.7. The van der Waals surface area contributed by atoms with Crippen LogP contribution in [0.3, 0.4) is 0 Å². The Kier molecular flexibility index (Phi) is 9.48. The second-order valence-corrected chi connectivity index (χ2v) is 8.36. The van der Waals surface area contributed by atoms with Crippen LogP contribution in [0.1, 0.15) is 41.5 Å². The Bertz CT molecular complexity index is 913. The minimum atomic E-state index is -0.523. The Labute approximate surface area is 197 Å². The van der Waals surface area contributed by atoms with Gasteiger partial charge in [0, 0.05) is 35.3 Å². The van der Waals surface area contributed by atoms with Crippen LogP contribution in [0.2, 0.25) is 0 Å². The van der Waals surface area contributed by atoms with Gasteiger partial charge in [-0.3, -0.25) is 20.8 Å². The molecule has 1 aromatic carbocycles. The summed E-state index contributed by atoms with van der Waals surface area (Å²) in [5.41, 5.74) is 3.71. The molecule has 3 heterocycles. The molecule has 8 heteroatoms. The second kappa shape index (κ2) is 11.4. The van der Waals surface area contributed by atoms with Crippen LogP contribution >= 0.6 is 20.8 Å². The van der Waals surface area contributed by atoms with Gasteiger partial charge in [0.15, 0.2) is 0 Å². The molecule has 1 fully saturated rings. The third-order valence-corrected chi connectivity index (χ3v) is 5.23. The number of fused-ring (bicyclic) bond motifs is 1. The summed E-state index contributed by atoms with van der Waals surface area (Å²) in [6.07, 6.45) is 4.35. The van der Waals surface area contributed by atoms with E-state index in [9.17, 15) is 0 Å². The molecule has 1 aliphatic rings. The van der Waals surface area contributed by atoms with Crippen LogP contribution in [0.25, 0.3) is 16.6 Å². The lowest BCUT2D eigenvalue weighted by Gasteiger charge is -2.31. The van der Waals surface area contributed by atoms with Crippen LogP contribution in [0.15, 0.2) is 67.0 Å². The summed E-state index contributed by atoms with van der Waals surface area (Å²) in [5.74, 6) is 0. The van der Waals surface area contributed by atoms with E-state index in [0.717, 1.165) is 0 Å². The molecule has 0 aliphatic carbocycles. The lowest BCUT2D eigenvalue weighted by molar-refractivity contribution is 0.00578. The maximum absolute atomic E-state index is 6.43. The molecule has 0 bridgehead atoms. The van der Waals surface area contributed by atoms with Crippen LogP contribution in [0, 0.1) is 3.56 Å². The predicted octanol–water partition coefficient (Wildman–Crippen LogP) is 5.61. The average molecular weight is 535 g/mol. The number of nitrogens with one attached hydrogen (secondary N) is 1. The summed E-state index contributed by atoms with van der Waals surface area (Å²) in [6.45, 7) is 12.0. The van der Waals surface area contributed by atoms with Crippen LogP contribution < -0.4 is 0 Å². The van der Waals surface area contributed by atoms with Gasteiger partial charge in [0.1, 0.15) is 0 Å². The fraction of sp³-hybridized carbons (Fsp3) is 0.391. The number of halogens is 1. The fourth-order valence-electron chi connectivity index (χ4n) is 2.91. The van der Waals surface area contributed by atoms with Crippen molar-refractivity contribution in [2.24, 2.45) is 0 Å². The predicted molar refractivity (Wildman–Crippen MR) is 142 cm³/mol. The Hall–Kier alpha value is -1.48. The zero-order chi connectivity index (χ0) is 23.1. The van der Waals surface area contributed by atoms with Crippen molar-refractivity contribution in [3.8, 4) is 11.1 Å². The highest BCUT2D eigenvalue weighted by molar-refractivity contribution is 14.2. The fourth-order valence-corrected chi connectivity index (χ4v) is 2.91. The molecule has 0 saturated carbocycles. The number of pyridine rings is 1. The molecule has 168 valence electrons. The SMILES string of the molecule is CC(C)OB1OC(C)(C)C(C)(C)O1.[BH3-]I=N.c1ccc(-c2cc3ccccn3c2)cc1. The maximum Gasteiger partial charge on any atom is 0.640 e. The van der Waals surface area contributed by atoms with Crippen molar-refractivity contribution in [2.75, 3.05) is 0 Å². The van der Waals surface area contributed by atoms with E-state index in [4.69, 9.17) is 17.5 Å². The minimum Gasteiger partial charge on any atom is -0.384 e. The maximum atomic E-state index is 6.43. The van der Waals surface area contributed by atoms with Gasteiger partial charge >= 0.3 is 7.32 Å².